The average Bonchev–Trinajstić information content (AvgIpc) is 2.37. The van der Waals surface area contributed by atoms with Crippen molar-refractivity contribution in [3.05, 3.63) is 29.6 Å². The van der Waals surface area contributed by atoms with Gasteiger partial charge in [-0.3, -0.25) is 9.78 Å². The second-order valence-corrected chi connectivity index (χ2v) is 5.64. The van der Waals surface area contributed by atoms with Gasteiger partial charge in [0.05, 0.1) is 5.69 Å². The fraction of sp³-hybridized carbons (Fsp3) is 0.571. The highest BCUT2D eigenvalue weighted by atomic mass is 16.3. The lowest BCUT2D eigenvalue weighted by atomic mass is 9.85. The second-order valence-electron chi connectivity index (χ2n) is 5.64. The summed E-state index contributed by atoms with van der Waals surface area (Å²) in [4.78, 5) is 16.2. The number of aliphatic hydroxyl groups is 1. The molecule has 1 aromatic heterocycles. The van der Waals surface area contributed by atoms with E-state index < -0.39 is 0 Å². The van der Waals surface area contributed by atoms with Gasteiger partial charge in [0.2, 0.25) is 0 Å². The van der Waals surface area contributed by atoms with Gasteiger partial charge in [-0.1, -0.05) is 20.8 Å². The molecule has 0 fully saturated rings. The largest absolute Gasteiger partial charge is 0.396 e. The van der Waals surface area contributed by atoms with Crippen molar-refractivity contribution in [2.45, 2.75) is 39.8 Å². The highest BCUT2D eigenvalue weighted by Gasteiger charge is 2.26. The fourth-order valence-corrected chi connectivity index (χ4v) is 1.82. The zero-order valence-electron chi connectivity index (χ0n) is 11.8. The molecule has 4 N–H and O–H groups in total. The number of amides is 1. The van der Waals surface area contributed by atoms with Crippen LogP contribution in [0.1, 0.15) is 43.2 Å². The average molecular weight is 265 g/mol. The van der Waals surface area contributed by atoms with Crippen LogP contribution in [-0.2, 0) is 6.54 Å². The minimum Gasteiger partial charge on any atom is -0.396 e. The Bertz CT molecular complexity index is 427. The number of nitrogens with two attached hydrogens (primary N) is 1. The second kappa shape index (κ2) is 6.63. The summed E-state index contributed by atoms with van der Waals surface area (Å²) in [6.45, 7) is 6.45. The minimum absolute atomic E-state index is 0.0482. The van der Waals surface area contributed by atoms with Crippen LogP contribution < -0.4 is 11.1 Å². The number of carbonyl (C=O) groups excluding carboxylic acids is 1. The van der Waals surface area contributed by atoms with Gasteiger partial charge in [-0.15, -0.1) is 0 Å². The molecule has 1 heterocycles. The number of nitrogens with one attached hydrogen (secondary N) is 1. The van der Waals surface area contributed by atoms with Gasteiger partial charge in [-0.2, -0.15) is 0 Å². The first-order chi connectivity index (χ1) is 8.88. The molecule has 0 aromatic carbocycles. The van der Waals surface area contributed by atoms with E-state index in [1.807, 2.05) is 20.8 Å². The maximum Gasteiger partial charge on any atom is 0.251 e. The van der Waals surface area contributed by atoms with Gasteiger partial charge >= 0.3 is 0 Å². The lowest BCUT2D eigenvalue weighted by Gasteiger charge is -2.31. The molecule has 106 valence electrons. The number of hydrogen-bond donors (Lipinski definition) is 3. The molecule has 0 bridgehead atoms. The summed E-state index contributed by atoms with van der Waals surface area (Å²) >= 11 is 0. The Balaban J connectivity index is 2.81. The highest BCUT2D eigenvalue weighted by molar-refractivity contribution is 5.94. The monoisotopic (exact) mass is 265 g/mol. The summed E-state index contributed by atoms with van der Waals surface area (Å²) in [7, 11) is 0. The molecule has 1 atom stereocenters. The molecule has 0 spiro atoms. The first kappa shape index (κ1) is 15.6. The van der Waals surface area contributed by atoms with Crippen molar-refractivity contribution in [1.82, 2.24) is 10.3 Å². The maximum atomic E-state index is 12.2. The Morgan fingerprint density at radius 2 is 2.21 bits per heavy atom. The van der Waals surface area contributed by atoms with Gasteiger partial charge in [-0.25, -0.2) is 0 Å². The molecule has 0 aliphatic heterocycles. The number of pyridine rings is 1. The van der Waals surface area contributed by atoms with E-state index in [9.17, 15) is 4.79 Å². The Kier molecular flexibility index (Phi) is 5.44. The Hall–Kier alpha value is -1.46. The van der Waals surface area contributed by atoms with E-state index in [1.165, 1.54) is 0 Å². The summed E-state index contributed by atoms with van der Waals surface area (Å²) in [5, 5.41) is 12.0. The quantitative estimate of drug-likeness (QED) is 0.743. The molecule has 0 saturated heterocycles. The van der Waals surface area contributed by atoms with Crippen molar-refractivity contribution in [1.29, 1.82) is 0 Å². The van der Waals surface area contributed by atoms with E-state index in [-0.39, 0.29) is 24.0 Å². The van der Waals surface area contributed by atoms with Crippen molar-refractivity contribution >= 4 is 5.91 Å². The number of hydrogen-bond acceptors (Lipinski definition) is 4. The summed E-state index contributed by atoms with van der Waals surface area (Å²) < 4.78 is 0. The normalized spacial score (nSPS) is 13.1. The Morgan fingerprint density at radius 3 is 2.74 bits per heavy atom. The number of nitrogens with zero attached hydrogens (tertiary/aromatic N) is 1. The van der Waals surface area contributed by atoms with E-state index in [4.69, 9.17) is 10.8 Å². The van der Waals surface area contributed by atoms with Crippen LogP contribution in [0.3, 0.4) is 0 Å². The van der Waals surface area contributed by atoms with Gasteiger partial charge < -0.3 is 16.2 Å². The van der Waals surface area contributed by atoms with Crippen LogP contribution >= 0.6 is 0 Å². The number of rotatable bonds is 5. The van der Waals surface area contributed by atoms with Crippen LogP contribution in [0.15, 0.2) is 18.3 Å². The minimum atomic E-state index is -0.162. The summed E-state index contributed by atoms with van der Waals surface area (Å²) in [6.07, 6.45) is 2.11. The zero-order valence-corrected chi connectivity index (χ0v) is 11.8. The third-order valence-electron chi connectivity index (χ3n) is 3.06. The van der Waals surface area contributed by atoms with E-state index in [0.717, 1.165) is 0 Å². The van der Waals surface area contributed by atoms with Crippen molar-refractivity contribution < 1.29 is 9.90 Å². The van der Waals surface area contributed by atoms with Gasteiger partial charge in [0.1, 0.15) is 0 Å². The van der Waals surface area contributed by atoms with E-state index in [2.05, 4.69) is 10.3 Å². The molecule has 5 heteroatoms. The van der Waals surface area contributed by atoms with Crippen LogP contribution in [0, 0.1) is 5.41 Å². The number of aromatic nitrogens is 1. The third kappa shape index (κ3) is 4.61. The molecular formula is C14H23N3O2. The van der Waals surface area contributed by atoms with Gasteiger partial charge in [0.25, 0.3) is 5.91 Å². The van der Waals surface area contributed by atoms with Crippen molar-refractivity contribution in [2.75, 3.05) is 6.61 Å². The van der Waals surface area contributed by atoms with Crippen LogP contribution in [0.5, 0.6) is 0 Å². The fourth-order valence-electron chi connectivity index (χ4n) is 1.82. The third-order valence-corrected chi connectivity index (χ3v) is 3.06. The Morgan fingerprint density at radius 1 is 1.53 bits per heavy atom. The molecule has 0 aliphatic carbocycles. The molecule has 1 unspecified atom stereocenters. The molecular weight excluding hydrogens is 242 g/mol. The van der Waals surface area contributed by atoms with Crippen LogP contribution in [0.4, 0.5) is 0 Å². The van der Waals surface area contributed by atoms with Gasteiger partial charge in [0, 0.05) is 31.0 Å². The smallest absolute Gasteiger partial charge is 0.251 e. The molecule has 1 rings (SSSR count). The lowest BCUT2D eigenvalue weighted by molar-refractivity contribution is 0.0885. The van der Waals surface area contributed by atoms with E-state index >= 15 is 0 Å². The first-order valence-electron chi connectivity index (χ1n) is 6.45. The topological polar surface area (TPSA) is 88.2 Å². The van der Waals surface area contributed by atoms with Crippen LogP contribution in [0.2, 0.25) is 0 Å². The summed E-state index contributed by atoms with van der Waals surface area (Å²) in [6, 6.07) is 3.26. The molecule has 0 radical (unpaired) electrons. The Labute approximate surface area is 114 Å². The number of carbonyl (C=O) groups is 1. The SMILES string of the molecule is CC(C)(C)C(CCO)NC(=O)c1ccnc(CN)c1. The van der Waals surface area contributed by atoms with Crippen molar-refractivity contribution in [2.24, 2.45) is 11.1 Å². The van der Waals surface area contributed by atoms with E-state index in [0.29, 0.717) is 24.2 Å². The molecule has 19 heavy (non-hydrogen) atoms. The van der Waals surface area contributed by atoms with Crippen LogP contribution in [0.25, 0.3) is 0 Å². The van der Waals surface area contributed by atoms with Crippen molar-refractivity contribution in [3.63, 3.8) is 0 Å². The lowest BCUT2D eigenvalue weighted by Crippen LogP contribution is -2.44. The zero-order chi connectivity index (χ0) is 14.5. The van der Waals surface area contributed by atoms with Crippen LogP contribution in [-0.4, -0.2) is 28.6 Å². The van der Waals surface area contributed by atoms with E-state index in [1.54, 1.807) is 18.3 Å². The number of aliphatic hydroxyl groups excluding tert-OH is 1. The molecule has 1 aromatic rings. The molecule has 0 aliphatic rings. The first-order valence-corrected chi connectivity index (χ1v) is 6.45. The molecule has 5 nitrogen and oxygen atoms in total. The maximum absolute atomic E-state index is 12.2. The predicted octanol–water partition coefficient (Wildman–Crippen LogP) is 1.07. The molecule has 1 amide bonds. The van der Waals surface area contributed by atoms with Gasteiger partial charge in [0.15, 0.2) is 0 Å². The predicted molar refractivity (Wildman–Crippen MR) is 74.5 cm³/mol. The van der Waals surface area contributed by atoms with Crippen molar-refractivity contribution in [3.8, 4) is 0 Å². The highest BCUT2D eigenvalue weighted by Crippen LogP contribution is 2.22. The molecule has 0 saturated carbocycles. The summed E-state index contributed by atoms with van der Waals surface area (Å²) in [5.41, 5.74) is 6.63. The summed E-state index contributed by atoms with van der Waals surface area (Å²) in [5.74, 6) is -0.162. The van der Waals surface area contributed by atoms with Gasteiger partial charge in [-0.05, 0) is 24.0 Å². The standard InChI is InChI=1S/C14H23N3O2/c1-14(2,3)12(5-7-18)17-13(19)10-4-6-16-11(8-10)9-15/h4,6,8,12,18H,5,7,9,15H2,1-3H3,(H,17,19).